The molecule has 0 saturated carbocycles. The van der Waals surface area contributed by atoms with Gasteiger partial charge >= 0.3 is 0 Å². The van der Waals surface area contributed by atoms with Crippen LogP contribution in [0.4, 0.5) is 5.69 Å². The highest BCUT2D eigenvalue weighted by atomic mass is 35.5. The summed E-state index contributed by atoms with van der Waals surface area (Å²) in [5.41, 5.74) is 3.57. The molecular formula is C30H32ClN7O2. The Labute approximate surface area is 238 Å². The average Bonchev–Trinajstić information content (AvgIpc) is 3.38. The maximum absolute atomic E-state index is 13.2. The summed E-state index contributed by atoms with van der Waals surface area (Å²) in [4.78, 5) is 46.0. The number of para-hydroxylation sites is 1. The molecule has 1 atom stereocenters. The van der Waals surface area contributed by atoms with E-state index in [2.05, 4.69) is 20.3 Å². The van der Waals surface area contributed by atoms with Crippen molar-refractivity contribution in [2.75, 3.05) is 39.0 Å². The van der Waals surface area contributed by atoms with Gasteiger partial charge in [-0.3, -0.25) is 9.59 Å². The normalized spacial score (nSPS) is 15.7. The first kappa shape index (κ1) is 27.5. The van der Waals surface area contributed by atoms with E-state index in [-0.39, 0.29) is 17.7 Å². The molecule has 4 aromatic rings. The Balaban J connectivity index is 1.22. The lowest BCUT2D eigenvalue weighted by Crippen LogP contribution is -2.41. The van der Waals surface area contributed by atoms with Gasteiger partial charge in [0, 0.05) is 61.0 Å². The van der Waals surface area contributed by atoms with Crippen LogP contribution in [0.1, 0.15) is 29.2 Å². The molecule has 0 spiro atoms. The number of nitrogens with one attached hydrogen (secondary N) is 2. The van der Waals surface area contributed by atoms with Crippen molar-refractivity contribution < 1.29 is 9.59 Å². The highest BCUT2D eigenvalue weighted by molar-refractivity contribution is 6.33. The fourth-order valence-corrected chi connectivity index (χ4v) is 5.14. The summed E-state index contributed by atoms with van der Waals surface area (Å²) in [5.74, 6) is 0.577. The van der Waals surface area contributed by atoms with Crippen LogP contribution in [0.5, 0.6) is 0 Å². The van der Waals surface area contributed by atoms with E-state index in [0.29, 0.717) is 54.0 Å². The van der Waals surface area contributed by atoms with E-state index < -0.39 is 0 Å². The molecular weight excluding hydrogens is 526 g/mol. The third-order valence-electron chi connectivity index (χ3n) is 6.91. The van der Waals surface area contributed by atoms with Crippen LogP contribution in [0.25, 0.3) is 22.2 Å². The molecule has 1 aromatic carbocycles. The van der Waals surface area contributed by atoms with Gasteiger partial charge in [-0.15, -0.1) is 0 Å². The lowest BCUT2D eigenvalue weighted by molar-refractivity contribution is -0.111. The Morgan fingerprint density at radius 2 is 2.02 bits per heavy atom. The number of carbonyl (C=O) groups is 2. The third kappa shape index (κ3) is 6.55. The molecule has 1 saturated heterocycles. The fraction of sp³-hybridized carbons (Fsp3) is 0.300. The molecule has 0 bridgehead atoms. The zero-order chi connectivity index (χ0) is 28.1. The number of halogens is 1. The van der Waals surface area contributed by atoms with Crippen LogP contribution in [-0.4, -0.2) is 75.3 Å². The summed E-state index contributed by atoms with van der Waals surface area (Å²) in [6.07, 6.45) is 10.9. The van der Waals surface area contributed by atoms with Crippen molar-refractivity contribution in [3.63, 3.8) is 0 Å². The number of likely N-dealkylation sites (N-methyl/N-ethyl adjacent to an activating group) is 1. The Morgan fingerprint density at radius 3 is 2.83 bits per heavy atom. The van der Waals surface area contributed by atoms with Crippen LogP contribution in [-0.2, 0) is 11.2 Å². The number of fused-ring (bicyclic) bond motifs is 1. The van der Waals surface area contributed by atoms with Gasteiger partial charge in [-0.2, -0.15) is 0 Å². The van der Waals surface area contributed by atoms with Gasteiger partial charge in [-0.1, -0.05) is 35.9 Å². The third-order valence-corrected chi connectivity index (χ3v) is 7.18. The minimum atomic E-state index is -0.237. The van der Waals surface area contributed by atoms with Crippen molar-refractivity contribution in [1.29, 1.82) is 0 Å². The first-order valence-corrected chi connectivity index (χ1v) is 13.7. The maximum atomic E-state index is 13.2. The highest BCUT2D eigenvalue weighted by Gasteiger charge is 2.26. The van der Waals surface area contributed by atoms with Crippen LogP contribution in [0, 0.1) is 5.92 Å². The number of likely N-dealkylation sites (tertiary alicyclic amines) is 1. The van der Waals surface area contributed by atoms with Crippen molar-refractivity contribution in [2.45, 2.75) is 19.3 Å². The van der Waals surface area contributed by atoms with Crippen LogP contribution in [0.2, 0.25) is 5.02 Å². The van der Waals surface area contributed by atoms with Crippen molar-refractivity contribution in [1.82, 2.24) is 29.7 Å². The zero-order valence-electron chi connectivity index (χ0n) is 22.6. The number of aromatic amines is 1. The monoisotopic (exact) mass is 557 g/mol. The molecule has 40 heavy (non-hydrogen) atoms. The summed E-state index contributed by atoms with van der Waals surface area (Å²) < 4.78 is 0. The number of rotatable bonds is 8. The molecule has 0 radical (unpaired) electrons. The molecule has 10 heteroatoms. The molecule has 2 N–H and O–H groups in total. The van der Waals surface area contributed by atoms with Gasteiger partial charge in [0.1, 0.15) is 11.5 Å². The summed E-state index contributed by atoms with van der Waals surface area (Å²) in [5, 5.41) is 4.33. The number of H-pyrrole nitrogens is 1. The number of hydrogen-bond acceptors (Lipinski definition) is 6. The number of benzene rings is 1. The molecule has 5 rings (SSSR count). The van der Waals surface area contributed by atoms with Gasteiger partial charge in [0.25, 0.3) is 5.91 Å². The van der Waals surface area contributed by atoms with Crippen LogP contribution >= 0.6 is 11.6 Å². The Kier molecular flexibility index (Phi) is 8.52. The van der Waals surface area contributed by atoms with E-state index in [1.54, 1.807) is 24.4 Å². The van der Waals surface area contributed by atoms with Crippen LogP contribution in [0.15, 0.2) is 67.1 Å². The molecule has 4 heterocycles. The maximum Gasteiger partial charge on any atom is 0.272 e. The van der Waals surface area contributed by atoms with Gasteiger partial charge in [0.2, 0.25) is 5.91 Å². The molecule has 0 aliphatic carbocycles. The zero-order valence-corrected chi connectivity index (χ0v) is 23.4. The van der Waals surface area contributed by atoms with E-state index >= 15 is 0 Å². The summed E-state index contributed by atoms with van der Waals surface area (Å²) in [7, 11) is 3.86. The van der Waals surface area contributed by atoms with Crippen LogP contribution in [0.3, 0.4) is 0 Å². The van der Waals surface area contributed by atoms with Crippen molar-refractivity contribution in [3.8, 4) is 11.3 Å². The number of piperidine rings is 1. The summed E-state index contributed by atoms with van der Waals surface area (Å²) in [6, 6.07) is 11.4. The second-order valence-electron chi connectivity index (χ2n) is 10.3. The first-order valence-electron chi connectivity index (χ1n) is 13.3. The molecule has 1 aliphatic rings. The van der Waals surface area contributed by atoms with Gasteiger partial charge in [0.15, 0.2) is 0 Å². The summed E-state index contributed by atoms with van der Waals surface area (Å²) >= 11 is 6.51. The Morgan fingerprint density at radius 1 is 1.18 bits per heavy atom. The predicted octanol–water partition coefficient (Wildman–Crippen LogP) is 4.82. The van der Waals surface area contributed by atoms with E-state index in [1.165, 1.54) is 12.3 Å². The van der Waals surface area contributed by atoms with Gasteiger partial charge in [0.05, 0.1) is 22.6 Å². The van der Waals surface area contributed by atoms with Crippen molar-refractivity contribution in [3.05, 3.63) is 83.7 Å². The smallest absolute Gasteiger partial charge is 0.272 e. The number of anilines is 1. The number of amides is 2. The Bertz CT molecular complexity index is 1530. The molecule has 1 aliphatic heterocycles. The van der Waals surface area contributed by atoms with E-state index in [1.807, 2.05) is 54.4 Å². The largest absolute Gasteiger partial charge is 0.360 e. The minimum absolute atomic E-state index is 0.120. The Hall–Kier alpha value is -4.08. The van der Waals surface area contributed by atoms with Gasteiger partial charge in [-0.05, 0) is 51.1 Å². The number of hydrogen-bond donors (Lipinski definition) is 2. The molecule has 2 amide bonds. The standard InChI is InChI=1S/C30H32ClN7O2/c1-37(2)13-6-10-28(39)35-21-11-12-26(32-16-21)30(40)38-14-5-7-20(19-38)15-27-34-18-24(31)29(36-27)23-17-33-25-9-4-3-8-22(23)25/h3-4,6,8-12,16-18,20,33H,5,7,13-15,19H2,1-2H3,(H,35,39)/b10-6+/t20-/m0/s1. The number of pyridine rings is 1. The second kappa shape index (κ2) is 12.4. The molecule has 1 fully saturated rings. The quantitative estimate of drug-likeness (QED) is 0.301. The lowest BCUT2D eigenvalue weighted by Gasteiger charge is -2.32. The van der Waals surface area contributed by atoms with E-state index in [9.17, 15) is 9.59 Å². The SMILES string of the molecule is CN(C)C/C=C/C(=O)Nc1ccc(C(=O)N2CCC[C@@H](Cc3ncc(Cl)c(-c4c[nH]c5ccccc45)n3)C2)nc1. The topological polar surface area (TPSA) is 107 Å². The van der Waals surface area contributed by atoms with E-state index in [4.69, 9.17) is 16.6 Å². The van der Waals surface area contributed by atoms with Gasteiger partial charge < -0.3 is 20.1 Å². The molecule has 206 valence electrons. The minimum Gasteiger partial charge on any atom is -0.360 e. The first-order chi connectivity index (χ1) is 19.4. The summed E-state index contributed by atoms with van der Waals surface area (Å²) in [6.45, 7) is 1.95. The van der Waals surface area contributed by atoms with Crippen LogP contribution < -0.4 is 5.32 Å². The average molecular weight is 558 g/mol. The van der Waals surface area contributed by atoms with Crippen molar-refractivity contribution >= 4 is 40.0 Å². The molecule has 3 aromatic heterocycles. The number of carbonyl (C=O) groups excluding carboxylic acids is 2. The van der Waals surface area contributed by atoms with Crippen molar-refractivity contribution in [2.24, 2.45) is 5.92 Å². The molecule has 9 nitrogen and oxygen atoms in total. The number of aromatic nitrogens is 4. The second-order valence-corrected chi connectivity index (χ2v) is 10.7. The molecule has 0 unspecified atom stereocenters. The van der Waals surface area contributed by atoms with Gasteiger partial charge in [-0.25, -0.2) is 15.0 Å². The lowest BCUT2D eigenvalue weighted by atomic mass is 9.94. The highest BCUT2D eigenvalue weighted by Crippen LogP contribution is 2.32. The predicted molar refractivity (Wildman–Crippen MR) is 157 cm³/mol. The van der Waals surface area contributed by atoms with E-state index in [0.717, 1.165) is 29.3 Å². The fourth-order valence-electron chi connectivity index (χ4n) is 4.94. The number of nitrogens with zero attached hydrogens (tertiary/aromatic N) is 5.